The largest absolute Gasteiger partial charge is 0.0779 e. The van der Waals surface area contributed by atoms with Crippen molar-refractivity contribution in [1.29, 1.82) is 0 Å². The summed E-state index contributed by atoms with van der Waals surface area (Å²) >= 11 is 0. The highest BCUT2D eigenvalue weighted by atomic mass is 14.1. The Hall–Kier alpha value is -1.56. The molecule has 0 spiro atoms. The maximum Gasteiger partial charge on any atom is -0.00696 e. The third-order valence-corrected chi connectivity index (χ3v) is 3.13. The lowest BCUT2D eigenvalue weighted by molar-refractivity contribution is 0.866. The Morgan fingerprint density at radius 1 is 1.12 bits per heavy atom. The maximum atomic E-state index is 2.32. The highest BCUT2D eigenvalue weighted by molar-refractivity contribution is 5.75. The zero-order valence-electron chi connectivity index (χ0n) is 10.9. The standard InChI is InChI=1S/C17H20/c1-13(2)15-9-6-10-17(12-15)16-8-5-4-7-14(3)11-16/h4-14H,1-3H3. The van der Waals surface area contributed by atoms with Gasteiger partial charge in [-0.2, -0.15) is 0 Å². The lowest BCUT2D eigenvalue weighted by Crippen LogP contribution is -1.91. The van der Waals surface area contributed by atoms with E-state index in [1.54, 1.807) is 0 Å². The predicted molar refractivity (Wildman–Crippen MR) is 76.0 cm³/mol. The molecule has 1 aliphatic rings. The first-order valence-electron chi connectivity index (χ1n) is 6.34. The highest BCUT2D eigenvalue weighted by Gasteiger charge is 2.05. The third-order valence-electron chi connectivity index (χ3n) is 3.13. The fourth-order valence-corrected chi connectivity index (χ4v) is 2.06. The molecule has 0 radical (unpaired) electrons. The van der Waals surface area contributed by atoms with Crippen molar-refractivity contribution in [2.75, 3.05) is 0 Å². The summed E-state index contributed by atoms with van der Waals surface area (Å²) in [5.41, 5.74) is 4.05. The van der Waals surface area contributed by atoms with Crippen molar-refractivity contribution >= 4 is 5.57 Å². The molecule has 0 nitrogen and oxygen atoms in total. The molecular formula is C17H20. The van der Waals surface area contributed by atoms with Gasteiger partial charge in [0.2, 0.25) is 0 Å². The second-order valence-corrected chi connectivity index (χ2v) is 5.01. The minimum Gasteiger partial charge on any atom is -0.0779 e. The first-order valence-corrected chi connectivity index (χ1v) is 6.34. The molecule has 0 heterocycles. The van der Waals surface area contributed by atoms with E-state index in [0.717, 1.165) is 0 Å². The van der Waals surface area contributed by atoms with Crippen LogP contribution in [0.2, 0.25) is 0 Å². The van der Waals surface area contributed by atoms with E-state index in [-0.39, 0.29) is 0 Å². The van der Waals surface area contributed by atoms with Gasteiger partial charge >= 0.3 is 0 Å². The van der Waals surface area contributed by atoms with E-state index >= 15 is 0 Å². The predicted octanol–water partition coefficient (Wildman–Crippen LogP) is 4.96. The van der Waals surface area contributed by atoms with Crippen LogP contribution in [0.1, 0.15) is 37.8 Å². The molecule has 17 heavy (non-hydrogen) atoms. The van der Waals surface area contributed by atoms with Gasteiger partial charge in [-0.25, -0.2) is 0 Å². The van der Waals surface area contributed by atoms with Crippen LogP contribution in [0.25, 0.3) is 5.57 Å². The van der Waals surface area contributed by atoms with Gasteiger partial charge in [-0.05, 0) is 28.5 Å². The zero-order valence-corrected chi connectivity index (χ0v) is 10.9. The number of rotatable bonds is 2. The quantitative estimate of drug-likeness (QED) is 0.666. The molecule has 0 saturated heterocycles. The van der Waals surface area contributed by atoms with Gasteiger partial charge in [0.25, 0.3) is 0 Å². The van der Waals surface area contributed by atoms with Crippen LogP contribution in [0.3, 0.4) is 0 Å². The highest BCUT2D eigenvalue weighted by Crippen LogP contribution is 2.24. The molecule has 2 rings (SSSR count). The topological polar surface area (TPSA) is 0 Å². The second kappa shape index (κ2) is 5.18. The Bertz CT molecular complexity index is 473. The van der Waals surface area contributed by atoms with E-state index < -0.39 is 0 Å². The van der Waals surface area contributed by atoms with Crippen molar-refractivity contribution in [3.05, 3.63) is 65.8 Å². The van der Waals surface area contributed by atoms with Crippen LogP contribution in [0, 0.1) is 5.92 Å². The van der Waals surface area contributed by atoms with Gasteiger partial charge in [0, 0.05) is 0 Å². The molecule has 88 valence electrons. The molecule has 0 aliphatic heterocycles. The molecule has 0 bridgehead atoms. The van der Waals surface area contributed by atoms with Gasteiger partial charge in [0.15, 0.2) is 0 Å². The van der Waals surface area contributed by atoms with Gasteiger partial charge in [-0.15, -0.1) is 0 Å². The summed E-state index contributed by atoms with van der Waals surface area (Å²) in [4.78, 5) is 0. The molecule has 0 saturated carbocycles. The summed E-state index contributed by atoms with van der Waals surface area (Å²) in [7, 11) is 0. The molecule has 1 aromatic carbocycles. The fraction of sp³-hybridized carbons (Fsp3) is 0.294. The van der Waals surface area contributed by atoms with E-state index in [2.05, 4.69) is 75.4 Å². The Balaban J connectivity index is 2.37. The van der Waals surface area contributed by atoms with Crippen LogP contribution < -0.4 is 0 Å². The average molecular weight is 224 g/mol. The molecule has 1 atom stereocenters. The van der Waals surface area contributed by atoms with Crippen molar-refractivity contribution in [1.82, 2.24) is 0 Å². The first kappa shape index (κ1) is 11.9. The van der Waals surface area contributed by atoms with Crippen molar-refractivity contribution in [3.8, 4) is 0 Å². The molecule has 1 unspecified atom stereocenters. The number of benzene rings is 1. The molecule has 0 aromatic heterocycles. The fourth-order valence-electron chi connectivity index (χ4n) is 2.06. The van der Waals surface area contributed by atoms with Gasteiger partial charge in [0.05, 0.1) is 0 Å². The maximum absolute atomic E-state index is 2.32. The molecular weight excluding hydrogens is 204 g/mol. The van der Waals surface area contributed by atoms with Crippen LogP contribution in [0.15, 0.2) is 54.6 Å². The third kappa shape index (κ3) is 2.97. The second-order valence-electron chi connectivity index (χ2n) is 5.01. The van der Waals surface area contributed by atoms with Crippen LogP contribution in [0.5, 0.6) is 0 Å². The Morgan fingerprint density at radius 3 is 2.71 bits per heavy atom. The van der Waals surface area contributed by atoms with Crippen molar-refractivity contribution in [2.24, 2.45) is 5.92 Å². The monoisotopic (exact) mass is 224 g/mol. The Labute approximate surface area is 104 Å². The molecule has 0 amide bonds. The van der Waals surface area contributed by atoms with Gasteiger partial charge < -0.3 is 0 Å². The summed E-state index contributed by atoms with van der Waals surface area (Å²) in [6.45, 7) is 6.69. The lowest BCUT2D eigenvalue weighted by Gasteiger charge is -2.09. The Kier molecular flexibility index (Phi) is 3.63. The summed E-state index contributed by atoms with van der Waals surface area (Å²) in [6.07, 6.45) is 11.0. The van der Waals surface area contributed by atoms with Crippen LogP contribution >= 0.6 is 0 Å². The summed E-state index contributed by atoms with van der Waals surface area (Å²) in [5, 5.41) is 0. The van der Waals surface area contributed by atoms with Crippen LogP contribution in [-0.4, -0.2) is 0 Å². The smallest absolute Gasteiger partial charge is 0.00696 e. The van der Waals surface area contributed by atoms with E-state index in [4.69, 9.17) is 0 Å². The van der Waals surface area contributed by atoms with Gasteiger partial charge in [-0.3, -0.25) is 0 Å². The molecule has 0 N–H and O–H groups in total. The van der Waals surface area contributed by atoms with Crippen molar-refractivity contribution in [3.63, 3.8) is 0 Å². The molecule has 1 aromatic rings. The first-order chi connectivity index (χ1) is 8.16. The minimum absolute atomic E-state index is 0.503. The summed E-state index contributed by atoms with van der Waals surface area (Å²) in [5.74, 6) is 1.09. The van der Waals surface area contributed by atoms with Gasteiger partial charge in [0.1, 0.15) is 0 Å². The SMILES string of the molecule is CC1C=CC=CC(c2cccc(C(C)C)c2)=C1. The number of allylic oxidation sites excluding steroid dienone is 6. The Morgan fingerprint density at radius 2 is 1.94 bits per heavy atom. The molecule has 1 aliphatic carbocycles. The number of hydrogen-bond donors (Lipinski definition) is 0. The summed E-state index contributed by atoms with van der Waals surface area (Å²) in [6, 6.07) is 8.86. The van der Waals surface area contributed by atoms with Gasteiger partial charge in [-0.1, -0.05) is 75.4 Å². The zero-order chi connectivity index (χ0) is 12.3. The van der Waals surface area contributed by atoms with Crippen molar-refractivity contribution in [2.45, 2.75) is 26.7 Å². The molecule has 0 fully saturated rings. The normalized spacial score (nSPS) is 19.3. The van der Waals surface area contributed by atoms with Crippen LogP contribution in [0.4, 0.5) is 0 Å². The molecule has 0 heteroatoms. The van der Waals surface area contributed by atoms with E-state index in [1.165, 1.54) is 16.7 Å². The average Bonchev–Trinajstić information content (AvgIpc) is 2.54. The minimum atomic E-state index is 0.503. The van der Waals surface area contributed by atoms with E-state index in [0.29, 0.717) is 11.8 Å². The summed E-state index contributed by atoms with van der Waals surface area (Å²) < 4.78 is 0. The van der Waals surface area contributed by atoms with Crippen molar-refractivity contribution < 1.29 is 0 Å². The van der Waals surface area contributed by atoms with Crippen LogP contribution in [-0.2, 0) is 0 Å². The van der Waals surface area contributed by atoms with E-state index in [1.807, 2.05) is 0 Å². The van der Waals surface area contributed by atoms with E-state index in [9.17, 15) is 0 Å². The lowest BCUT2D eigenvalue weighted by atomic mass is 9.96. The number of hydrogen-bond acceptors (Lipinski definition) is 0.